The molecule has 1 heterocycles. The van der Waals surface area contributed by atoms with Gasteiger partial charge in [0.2, 0.25) is 11.8 Å². The molecule has 1 aromatic carbocycles. The number of amides is 2. The Hall–Kier alpha value is -2.89. The lowest BCUT2D eigenvalue weighted by Crippen LogP contribution is -2.20. The largest absolute Gasteiger partial charge is 0.457 e. The summed E-state index contributed by atoms with van der Waals surface area (Å²) in [5.41, 5.74) is 0.704. The molecular formula is C19H23N3O3. The van der Waals surface area contributed by atoms with Gasteiger partial charge in [-0.3, -0.25) is 14.6 Å². The molecule has 132 valence electrons. The van der Waals surface area contributed by atoms with Crippen molar-refractivity contribution in [2.75, 3.05) is 11.9 Å². The number of carbonyl (C=O) groups is 2. The van der Waals surface area contributed by atoms with E-state index in [1.165, 1.54) is 6.92 Å². The van der Waals surface area contributed by atoms with Crippen molar-refractivity contribution in [3.63, 3.8) is 0 Å². The van der Waals surface area contributed by atoms with Gasteiger partial charge in [0, 0.05) is 44.0 Å². The van der Waals surface area contributed by atoms with E-state index in [9.17, 15) is 9.59 Å². The summed E-state index contributed by atoms with van der Waals surface area (Å²) in [5.74, 6) is 1.30. The Morgan fingerprint density at radius 3 is 2.60 bits per heavy atom. The molecule has 0 aliphatic carbocycles. The summed E-state index contributed by atoms with van der Waals surface area (Å²) in [5, 5.41) is 5.62. The average Bonchev–Trinajstić information content (AvgIpc) is 2.59. The zero-order valence-electron chi connectivity index (χ0n) is 14.3. The number of rotatable bonds is 9. The molecule has 0 aliphatic rings. The number of hydrogen-bond acceptors (Lipinski definition) is 4. The normalized spacial score (nSPS) is 10.1. The summed E-state index contributed by atoms with van der Waals surface area (Å²) in [6.07, 6.45) is 6.34. The van der Waals surface area contributed by atoms with Gasteiger partial charge in [0.05, 0.1) is 0 Å². The topological polar surface area (TPSA) is 80.3 Å². The number of nitrogens with zero attached hydrogens (tertiary/aromatic N) is 1. The molecular weight excluding hydrogens is 318 g/mol. The minimum Gasteiger partial charge on any atom is -0.457 e. The van der Waals surface area contributed by atoms with Gasteiger partial charge in [-0.1, -0.05) is 12.5 Å². The molecule has 2 N–H and O–H groups in total. The van der Waals surface area contributed by atoms with Crippen LogP contribution in [0.15, 0.2) is 48.8 Å². The lowest BCUT2D eigenvalue weighted by atomic mass is 10.2. The number of nitrogens with one attached hydrogen (secondary N) is 2. The minimum absolute atomic E-state index is 0.0217. The van der Waals surface area contributed by atoms with Crippen LogP contribution < -0.4 is 15.4 Å². The molecule has 2 aromatic rings. The molecule has 2 rings (SSSR count). The second-order valence-corrected chi connectivity index (χ2v) is 5.65. The fourth-order valence-electron chi connectivity index (χ4n) is 2.25. The second-order valence-electron chi connectivity index (χ2n) is 5.65. The van der Waals surface area contributed by atoms with E-state index in [0.29, 0.717) is 30.2 Å². The molecule has 0 atom stereocenters. The number of carbonyl (C=O) groups excluding carboxylic acids is 2. The predicted molar refractivity (Wildman–Crippen MR) is 96.5 cm³/mol. The molecule has 0 spiro atoms. The number of unbranched alkanes of at least 4 members (excludes halogenated alkanes) is 2. The highest BCUT2D eigenvalue weighted by atomic mass is 16.5. The third-order valence-electron chi connectivity index (χ3n) is 3.46. The highest BCUT2D eigenvalue weighted by Gasteiger charge is 2.04. The first kappa shape index (κ1) is 18.4. The van der Waals surface area contributed by atoms with Crippen molar-refractivity contribution in [1.82, 2.24) is 10.3 Å². The van der Waals surface area contributed by atoms with Crippen molar-refractivity contribution in [1.29, 1.82) is 0 Å². The molecule has 0 bridgehead atoms. The van der Waals surface area contributed by atoms with Crippen LogP contribution in [0.3, 0.4) is 0 Å². The molecule has 0 saturated heterocycles. The summed E-state index contributed by atoms with van der Waals surface area (Å²) in [6.45, 7) is 2.16. The molecule has 6 nitrogen and oxygen atoms in total. The Morgan fingerprint density at radius 2 is 1.84 bits per heavy atom. The number of aromatic nitrogens is 1. The number of pyridine rings is 1. The Balaban J connectivity index is 1.73. The van der Waals surface area contributed by atoms with Crippen molar-refractivity contribution >= 4 is 17.5 Å². The fourth-order valence-corrected chi connectivity index (χ4v) is 2.25. The Bertz CT molecular complexity index is 689. The first-order chi connectivity index (χ1) is 12.1. The zero-order valence-corrected chi connectivity index (χ0v) is 14.3. The van der Waals surface area contributed by atoms with E-state index in [1.54, 1.807) is 30.6 Å². The van der Waals surface area contributed by atoms with Crippen molar-refractivity contribution in [2.24, 2.45) is 0 Å². The van der Waals surface area contributed by atoms with Crippen LogP contribution in [-0.4, -0.2) is 23.3 Å². The first-order valence-electron chi connectivity index (χ1n) is 8.36. The number of benzene rings is 1. The third kappa shape index (κ3) is 7.48. The van der Waals surface area contributed by atoms with Gasteiger partial charge < -0.3 is 15.4 Å². The van der Waals surface area contributed by atoms with Gasteiger partial charge in [-0.15, -0.1) is 0 Å². The van der Waals surface area contributed by atoms with Crippen LogP contribution in [0.2, 0.25) is 0 Å². The Morgan fingerprint density at radius 1 is 1.04 bits per heavy atom. The fraction of sp³-hybridized carbons (Fsp3) is 0.316. The monoisotopic (exact) mass is 341 g/mol. The Labute approximate surface area is 147 Å². The van der Waals surface area contributed by atoms with Gasteiger partial charge in [-0.2, -0.15) is 0 Å². The second kappa shape index (κ2) is 10.1. The molecule has 6 heteroatoms. The van der Waals surface area contributed by atoms with Crippen molar-refractivity contribution in [3.05, 3.63) is 48.8 Å². The molecule has 2 amide bonds. The van der Waals surface area contributed by atoms with E-state index in [0.717, 1.165) is 19.3 Å². The van der Waals surface area contributed by atoms with E-state index in [1.807, 2.05) is 18.2 Å². The van der Waals surface area contributed by atoms with Gasteiger partial charge >= 0.3 is 0 Å². The molecule has 0 saturated carbocycles. The minimum atomic E-state index is -0.0272. The number of anilines is 1. The molecule has 0 fully saturated rings. The van der Waals surface area contributed by atoms with E-state index >= 15 is 0 Å². The number of hydrogen-bond donors (Lipinski definition) is 2. The molecule has 25 heavy (non-hydrogen) atoms. The summed E-state index contributed by atoms with van der Waals surface area (Å²) >= 11 is 0. The van der Waals surface area contributed by atoms with Crippen LogP contribution in [0.5, 0.6) is 11.5 Å². The van der Waals surface area contributed by atoms with Crippen LogP contribution in [0.4, 0.5) is 5.69 Å². The van der Waals surface area contributed by atoms with Gasteiger partial charge in [0.15, 0.2) is 0 Å². The van der Waals surface area contributed by atoms with Crippen molar-refractivity contribution < 1.29 is 14.3 Å². The van der Waals surface area contributed by atoms with Crippen LogP contribution in [0, 0.1) is 0 Å². The van der Waals surface area contributed by atoms with E-state index in [2.05, 4.69) is 15.6 Å². The van der Waals surface area contributed by atoms with Crippen molar-refractivity contribution in [3.8, 4) is 11.5 Å². The van der Waals surface area contributed by atoms with Crippen LogP contribution in [0.25, 0.3) is 0 Å². The highest BCUT2D eigenvalue weighted by Crippen LogP contribution is 2.23. The Kier molecular flexibility index (Phi) is 7.43. The van der Waals surface area contributed by atoms with E-state index in [4.69, 9.17) is 4.74 Å². The van der Waals surface area contributed by atoms with E-state index in [-0.39, 0.29) is 11.8 Å². The molecule has 0 unspecified atom stereocenters. The lowest BCUT2D eigenvalue weighted by molar-refractivity contribution is -0.119. The SMILES string of the molecule is CC(=O)NCCCCCC(=O)Nc1cccc(Oc2ccncc2)c1. The summed E-state index contributed by atoms with van der Waals surface area (Å²) in [4.78, 5) is 26.7. The van der Waals surface area contributed by atoms with Gasteiger partial charge in [-0.05, 0) is 37.1 Å². The average molecular weight is 341 g/mol. The lowest BCUT2D eigenvalue weighted by Gasteiger charge is -2.09. The van der Waals surface area contributed by atoms with Gasteiger partial charge in [0.25, 0.3) is 0 Å². The van der Waals surface area contributed by atoms with Gasteiger partial charge in [-0.25, -0.2) is 0 Å². The van der Waals surface area contributed by atoms with Gasteiger partial charge in [0.1, 0.15) is 11.5 Å². The smallest absolute Gasteiger partial charge is 0.224 e. The predicted octanol–water partition coefficient (Wildman–Crippen LogP) is 3.51. The van der Waals surface area contributed by atoms with Crippen molar-refractivity contribution in [2.45, 2.75) is 32.6 Å². The van der Waals surface area contributed by atoms with Crippen LogP contribution in [0.1, 0.15) is 32.6 Å². The zero-order chi connectivity index (χ0) is 17.9. The van der Waals surface area contributed by atoms with E-state index < -0.39 is 0 Å². The third-order valence-corrected chi connectivity index (χ3v) is 3.46. The quantitative estimate of drug-likeness (QED) is 0.684. The summed E-state index contributed by atoms with van der Waals surface area (Å²) in [7, 11) is 0. The van der Waals surface area contributed by atoms with Crippen LogP contribution >= 0.6 is 0 Å². The van der Waals surface area contributed by atoms with Crippen LogP contribution in [-0.2, 0) is 9.59 Å². The summed E-state index contributed by atoms with van der Waals surface area (Å²) < 4.78 is 5.72. The first-order valence-corrected chi connectivity index (χ1v) is 8.36. The molecule has 1 aromatic heterocycles. The maximum Gasteiger partial charge on any atom is 0.224 e. The molecule has 0 aliphatic heterocycles. The highest BCUT2D eigenvalue weighted by molar-refractivity contribution is 5.90. The maximum absolute atomic E-state index is 12.0. The summed E-state index contributed by atoms with van der Waals surface area (Å²) in [6, 6.07) is 10.8. The molecule has 0 radical (unpaired) electrons. The standard InChI is InChI=1S/C19H23N3O3/c1-15(23)21-11-4-2-3-8-19(24)22-16-6-5-7-18(14-16)25-17-9-12-20-13-10-17/h5-7,9-10,12-14H,2-4,8,11H2,1H3,(H,21,23)(H,22,24). The maximum atomic E-state index is 12.0. The number of ether oxygens (including phenoxy) is 1.